The van der Waals surface area contributed by atoms with Gasteiger partial charge < -0.3 is 0 Å². The van der Waals surface area contributed by atoms with Crippen LogP contribution in [-0.2, 0) is 23.5 Å². The number of aromatic nitrogens is 2. The van der Waals surface area contributed by atoms with Crippen LogP contribution in [0.2, 0.25) is 0 Å². The Labute approximate surface area is 143 Å². The van der Waals surface area contributed by atoms with Crippen LogP contribution in [0, 0.1) is 32.1 Å². The van der Waals surface area contributed by atoms with Gasteiger partial charge in [-0.3, -0.25) is 4.68 Å². The molecule has 0 saturated carbocycles. The maximum Gasteiger partial charge on any atom is 0.241 e. The molecule has 0 radical (unpaired) electrons. The van der Waals surface area contributed by atoms with Crippen LogP contribution in [0.4, 0.5) is 0 Å². The second-order valence-electron chi connectivity index (χ2n) is 6.09. The lowest BCUT2D eigenvalue weighted by atomic mass is 10.1. The summed E-state index contributed by atoms with van der Waals surface area (Å²) in [5.74, 6) is 0. The van der Waals surface area contributed by atoms with Crippen molar-refractivity contribution in [1.82, 2.24) is 14.5 Å². The number of aryl methyl sites for hydroxylation is 3. The first kappa shape index (κ1) is 18.2. The van der Waals surface area contributed by atoms with Crippen LogP contribution in [-0.4, -0.2) is 24.2 Å². The van der Waals surface area contributed by atoms with E-state index in [0.717, 1.165) is 17.0 Å². The first-order valence-electron chi connectivity index (χ1n) is 7.68. The van der Waals surface area contributed by atoms with Gasteiger partial charge in [-0.25, -0.2) is 13.1 Å². The molecule has 24 heavy (non-hydrogen) atoms. The van der Waals surface area contributed by atoms with Gasteiger partial charge in [-0.1, -0.05) is 6.07 Å². The third kappa shape index (κ3) is 3.66. The molecule has 0 aliphatic heterocycles. The van der Waals surface area contributed by atoms with Gasteiger partial charge in [-0.05, 0) is 57.4 Å². The summed E-state index contributed by atoms with van der Waals surface area (Å²) < 4.78 is 29.8. The zero-order valence-electron chi connectivity index (χ0n) is 14.6. The predicted octanol–water partition coefficient (Wildman–Crippen LogP) is 2.13. The molecule has 0 aliphatic rings. The fraction of sp³-hybridized carbons (Fsp3) is 0.412. The van der Waals surface area contributed by atoms with E-state index in [9.17, 15) is 8.42 Å². The number of hydrogen-bond donors (Lipinski definition) is 1. The third-order valence-corrected chi connectivity index (χ3v) is 5.86. The Morgan fingerprint density at radius 3 is 2.54 bits per heavy atom. The van der Waals surface area contributed by atoms with E-state index in [2.05, 4.69) is 9.82 Å². The Kier molecular flexibility index (Phi) is 5.11. The zero-order valence-corrected chi connectivity index (χ0v) is 15.4. The third-order valence-electron chi connectivity index (χ3n) is 4.13. The Bertz CT molecular complexity index is 907. The normalized spacial score (nSPS) is 12.8. The second-order valence-corrected chi connectivity index (χ2v) is 7.77. The molecular weight excluding hydrogens is 324 g/mol. The van der Waals surface area contributed by atoms with Crippen molar-refractivity contribution in [1.29, 1.82) is 5.26 Å². The Hall–Kier alpha value is -2.17. The van der Waals surface area contributed by atoms with Crippen molar-refractivity contribution in [3.8, 4) is 6.07 Å². The number of benzene rings is 1. The van der Waals surface area contributed by atoms with Crippen LogP contribution in [0.15, 0.2) is 23.1 Å². The van der Waals surface area contributed by atoms with E-state index in [1.807, 2.05) is 33.9 Å². The molecule has 2 rings (SSSR count). The van der Waals surface area contributed by atoms with E-state index in [0.29, 0.717) is 17.5 Å². The van der Waals surface area contributed by atoms with Gasteiger partial charge in [0.15, 0.2) is 0 Å². The highest BCUT2D eigenvalue weighted by Gasteiger charge is 2.22. The molecule has 0 aliphatic carbocycles. The summed E-state index contributed by atoms with van der Waals surface area (Å²) in [6.45, 7) is 7.43. The highest BCUT2D eigenvalue weighted by Crippen LogP contribution is 2.19. The summed E-state index contributed by atoms with van der Waals surface area (Å²) in [5.41, 5.74) is 3.93. The van der Waals surface area contributed by atoms with Gasteiger partial charge in [0.1, 0.15) is 0 Å². The van der Waals surface area contributed by atoms with Crippen LogP contribution in [0.5, 0.6) is 0 Å². The minimum absolute atomic E-state index is 0.146. The number of nitrogens with one attached hydrogen (secondary N) is 1. The maximum atomic E-state index is 12.7. The molecule has 1 aromatic carbocycles. The van der Waals surface area contributed by atoms with E-state index in [1.165, 1.54) is 6.07 Å². The van der Waals surface area contributed by atoms with Gasteiger partial charge in [0, 0.05) is 18.8 Å². The van der Waals surface area contributed by atoms with Crippen LogP contribution >= 0.6 is 0 Å². The van der Waals surface area contributed by atoms with Gasteiger partial charge >= 0.3 is 0 Å². The quantitative estimate of drug-likeness (QED) is 0.898. The van der Waals surface area contributed by atoms with Crippen LogP contribution in [0.3, 0.4) is 0 Å². The Balaban J connectivity index is 2.25. The largest absolute Gasteiger partial charge is 0.272 e. The standard InChI is InChI=1S/C17H22N4O2S/c1-11-6-7-15(10-18)9-17(11)24(22,23)20-12(2)8-16-13(3)19-21(5)14(16)4/h6-7,9,12,20H,8H2,1-5H3. The molecule has 0 amide bonds. The highest BCUT2D eigenvalue weighted by atomic mass is 32.2. The molecule has 0 fully saturated rings. The van der Waals surface area contributed by atoms with Gasteiger partial charge in [-0.2, -0.15) is 10.4 Å². The van der Waals surface area contributed by atoms with Crippen LogP contribution in [0.1, 0.15) is 35.0 Å². The average molecular weight is 346 g/mol. The molecule has 7 heteroatoms. The van der Waals surface area contributed by atoms with Crippen molar-refractivity contribution in [3.63, 3.8) is 0 Å². The number of hydrogen-bond acceptors (Lipinski definition) is 4. The molecular formula is C17H22N4O2S. The lowest BCUT2D eigenvalue weighted by molar-refractivity contribution is 0.558. The summed E-state index contributed by atoms with van der Waals surface area (Å²) in [6, 6.07) is 6.35. The predicted molar refractivity (Wildman–Crippen MR) is 92.1 cm³/mol. The minimum Gasteiger partial charge on any atom is -0.272 e. The number of rotatable bonds is 5. The smallest absolute Gasteiger partial charge is 0.241 e. The van der Waals surface area contributed by atoms with Crippen LogP contribution in [0.25, 0.3) is 0 Å². The zero-order chi connectivity index (χ0) is 18.1. The SMILES string of the molecule is Cc1ccc(C#N)cc1S(=O)(=O)NC(C)Cc1c(C)nn(C)c1C. The number of sulfonamides is 1. The van der Waals surface area contributed by atoms with Gasteiger partial charge in [0.05, 0.1) is 22.2 Å². The fourth-order valence-corrected chi connectivity index (χ4v) is 4.26. The van der Waals surface area contributed by atoms with Crippen LogP contribution < -0.4 is 4.72 Å². The molecule has 6 nitrogen and oxygen atoms in total. The molecule has 0 bridgehead atoms. The lowest BCUT2D eigenvalue weighted by Crippen LogP contribution is -2.34. The molecule has 1 unspecified atom stereocenters. The summed E-state index contributed by atoms with van der Waals surface area (Å²) in [6.07, 6.45) is 0.557. The van der Waals surface area contributed by atoms with E-state index in [4.69, 9.17) is 5.26 Å². The summed E-state index contributed by atoms with van der Waals surface area (Å²) in [5, 5.41) is 13.3. The van der Waals surface area contributed by atoms with Crippen molar-refractivity contribution in [2.45, 2.75) is 45.1 Å². The fourth-order valence-electron chi connectivity index (χ4n) is 2.75. The van der Waals surface area contributed by atoms with Crippen molar-refractivity contribution in [2.24, 2.45) is 7.05 Å². The summed E-state index contributed by atoms with van der Waals surface area (Å²) in [4.78, 5) is 0.146. The van der Waals surface area contributed by atoms with Gasteiger partial charge in [0.25, 0.3) is 0 Å². The van der Waals surface area contributed by atoms with Crippen molar-refractivity contribution in [3.05, 3.63) is 46.3 Å². The van der Waals surface area contributed by atoms with Gasteiger partial charge in [-0.15, -0.1) is 0 Å². The monoisotopic (exact) mass is 346 g/mol. The molecule has 128 valence electrons. The molecule has 1 heterocycles. The topological polar surface area (TPSA) is 87.8 Å². The van der Waals surface area contributed by atoms with E-state index < -0.39 is 10.0 Å². The lowest BCUT2D eigenvalue weighted by Gasteiger charge is -2.16. The molecule has 1 atom stereocenters. The minimum atomic E-state index is -3.69. The Morgan fingerprint density at radius 2 is 2.00 bits per heavy atom. The number of nitriles is 1. The average Bonchev–Trinajstić information content (AvgIpc) is 2.73. The van der Waals surface area contributed by atoms with Crippen molar-refractivity contribution < 1.29 is 8.42 Å². The van der Waals surface area contributed by atoms with Crippen molar-refractivity contribution in [2.75, 3.05) is 0 Å². The second kappa shape index (κ2) is 6.75. The van der Waals surface area contributed by atoms with E-state index in [1.54, 1.807) is 23.7 Å². The van der Waals surface area contributed by atoms with Gasteiger partial charge in [0.2, 0.25) is 10.0 Å². The molecule has 1 N–H and O–H groups in total. The number of nitrogens with zero attached hydrogens (tertiary/aromatic N) is 3. The molecule has 1 aromatic heterocycles. The van der Waals surface area contributed by atoms with E-state index in [-0.39, 0.29) is 10.9 Å². The first-order valence-corrected chi connectivity index (χ1v) is 9.16. The first-order chi connectivity index (χ1) is 11.2. The molecule has 0 spiro atoms. The maximum absolute atomic E-state index is 12.7. The van der Waals surface area contributed by atoms with Crippen molar-refractivity contribution >= 4 is 10.0 Å². The highest BCUT2D eigenvalue weighted by molar-refractivity contribution is 7.89. The summed E-state index contributed by atoms with van der Waals surface area (Å²) in [7, 11) is -1.82. The molecule has 2 aromatic rings. The van der Waals surface area contributed by atoms with E-state index >= 15 is 0 Å². The molecule has 0 saturated heterocycles. The Morgan fingerprint density at radius 1 is 1.33 bits per heavy atom. The summed E-state index contributed by atoms with van der Waals surface area (Å²) >= 11 is 0.